The molecule has 3 rings (SSSR count). The highest BCUT2D eigenvalue weighted by Gasteiger charge is 2.11. The van der Waals surface area contributed by atoms with Gasteiger partial charge in [0.15, 0.2) is 0 Å². The molecule has 1 aromatic heterocycles. The number of carbonyl (C=O) groups excluding carboxylic acids is 1. The number of rotatable bonds is 5. The normalized spacial score (nSPS) is 11.0. The predicted octanol–water partition coefficient (Wildman–Crippen LogP) is 2.73. The lowest BCUT2D eigenvalue weighted by Gasteiger charge is -2.09. The minimum absolute atomic E-state index is 0.0775. The summed E-state index contributed by atoms with van der Waals surface area (Å²) in [5.74, 6) is -0.0775. The van der Waals surface area contributed by atoms with Crippen molar-refractivity contribution >= 4 is 27.7 Å². The van der Waals surface area contributed by atoms with Gasteiger partial charge in [0.1, 0.15) is 0 Å². The van der Waals surface area contributed by atoms with Crippen LogP contribution in [0.2, 0.25) is 0 Å². The molecule has 0 radical (unpaired) electrons. The fourth-order valence-electron chi connectivity index (χ4n) is 2.52. The lowest BCUT2D eigenvalue weighted by atomic mass is 10.1. The van der Waals surface area contributed by atoms with E-state index in [9.17, 15) is 4.79 Å². The number of pyridine rings is 1. The summed E-state index contributed by atoms with van der Waals surface area (Å²) in [6.07, 6.45) is 0. The summed E-state index contributed by atoms with van der Waals surface area (Å²) >= 11 is 0. The van der Waals surface area contributed by atoms with Crippen molar-refractivity contribution in [2.24, 2.45) is 0 Å². The molecule has 2 aromatic carbocycles. The third-order valence-corrected chi connectivity index (χ3v) is 3.63. The SMILES string of the molecule is [11CH3]CNCCNC(=O)c1cccc2cc3ccccc3nc12. The number of nitrogens with zero attached hydrogens (tertiary/aromatic N) is 1. The van der Waals surface area contributed by atoms with Gasteiger partial charge in [-0.15, -0.1) is 0 Å². The van der Waals surface area contributed by atoms with Crippen LogP contribution in [0.1, 0.15) is 17.3 Å². The van der Waals surface area contributed by atoms with Gasteiger partial charge < -0.3 is 10.6 Å². The molecule has 22 heavy (non-hydrogen) atoms. The van der Waals surface area contributed by atoms with Crippen LogP contribution in [-0.2, 0) is 0 Å². The van der Waals surface area contributed by atoms with Gasteiger partial charge >= 0.3 is 0 Å². The van der Waals surface area contributed by atoms with Crippen molar-refractivity contribution < 1.29 is 4.79 Å². The van der Waals surface area contributed by atoms with Crippen molar-refractivity contribution in [2.75, 3.05) is 19.6 Å². The standard InChI is InChI=1S/C18H19N3O/c1-2-19-10-11-20-18(22)15-8-5-7-14-12-13-6-3-4-9-16(13)21-17(14)15/h3-9,12,19H,2,10-11H2,1H3,(H,20,22)/i1-1. The van der Waals surface area contributed by atoms with Crippen molar-refractivity contribution in [3.63, 3.8) is 0 Å². The summed E-state index contributed by atoms with van der Waals surface area (Å²) in [4.78, 5) is 17.0. The molecule has 3 aromatic rings. The Kier molecular flexibility index (Phi) is 4.30. The summed E-state index contributed by atoms with van der Waals surface area (Å²) < 4.78 is 0. The highest BCUT2D eigenvalue weighted by Crippen LogP contribution is 2.22. The van der Waals surface area contributed by atoms with Gasteiger partial charge in [0, 0.05) is 23.9 Å². The summed E-state index contributed by atoms with van der Waals surface area (Å²) in [6.45, 7) is 4.32. The molecule has 0 atom stereocenters. The van der Waals surface area contributed by atoms with Gasteiger partial charge in [-0.2, -0.15) is 0 Å². The number of nitrogens with one attached hydrogen (secondary N) is 2. The van der Waals surface area contributed by atoms with Crippen molar-refractivity contribution in [2.45, 2.75) is 6.92 Å². The molecule has 0 aliphatic carbocycles. The molecular weight excluding hydrogens is 273 g/mol. The van der Waals surface area contributed by atoms with E-state index in [2.05, 4.69) is 21.7 Å². The van der Waals surface area contributed by atoms with Crippen molar-refractivity contribution in [1.82, 2.24) is 15.6 Å². The third kappa shape index (κ3) is 2.92. The van der Waals surface area contributed by atoms with Gasteiger partial charge in [0.2, 0.25) is 0 Å². The van der Waals surface area contributed by atoms with E-state index in [-0.39, 0.29) is 5.91 Å². The van der Waals surface area contributed by atoms with E-state index >= 15 is 0 Å². The number of benzene rings is 2. The van der Waals surface area contributed by atoms with Crippen molar-refractivity contribution in [3.8, 4) is 0 Å². The summed E-state index contributed by atoms with van der Waals surface area (Å²) in [5, 5.41) is 8.19. The van der Waals surface area contributed by atoms with Gasteiger partial charge in [-0.25, -0.2) is 4.98 Å². The predicted molar refractivity (Wildman–Crippen MR) is 90.1 cm³/mol. The molecular formula is C18H19N3O. The molecule has 1 amide bonds. The molecule has 4 heteroatoms. The lowest BCUT2D eigenvalue weighted by Crippen LogP contribution is -2.31. The fraction of sp³-hybridized carbons (Fsp3) is 0.222. The van der Waals surface area contributed by atoms with E-state index < -0.39 is 0 Å². The largest absolute Gasteiger partial charge is 0.351 e. The van der Waals surface area contributed by atoms with E-state index in [0.29, 0.717) is 12.1 Å². The third-order valence-electron chi connectivity index (χ3n) is 3.63. The smallest absolute Gasteiger partial charge is 0.253 e. The molecule has 1 heterocycles. The molecule has 0 saturated carbocycles. The van der Waals surface area contributed by atoms with Gasteiger partial charge in [-0.05, 0) is 24.7 Å². The average Bonchev–Trinajstić information content (AvgIpc) is 2.56. The van der Waals surface area contributed by atoms with E-state index in [1.54, 1.807) is 0 Å². The first kappa shape index (κ1) is 14.5. The molecule has 0 aliphatic rings. The number of para-hydroxylation sites is 2. The summed E-state index contributed by atoms with van der Waals surface area (Å²) in [6, 6.07) is 15.7. The second-order valence-electron chi connectivity index (χ2n) is 5.17. The van der Waals surface area contributed by atoms with Crippen LogP contribution in [0.5, 0.6) is 0 Å². The zero-order valence-electron chi connectivity index (χ0n) is 12.6. The second-order valence-corrected chi connectivity index (χ2v) is 5.17. The van der Waals surface area contributed by atoms with E-state index in [1.165, 1.54) is 0 Å². The first-order valence-electron chi connectivity index (χ1n) is 7.57. The maximum Gasteiger partial charge on any atom is 0.253 e. The van der Waals surface area contributed by atoms with Crippen LogP contribution < -0.4 is 10.6 Å². The Bertz CT molecular complexity index is 814. The molecule has 0 bridgehead atoms. The van der Waals surface area contributed by atoms with E-state index in [1.807, 2.05) is 49.4 Å². The molecule has 0 fully saturated rings. The number of likely N-dealkylation sites (N-methyl/N-ethyl adjacent to an activating group) is 1. The monoisotopic (exact) mass is 292 g/mol. The highest BCUT2D eigenvalue weighted by atomic mass is 16.1. The maximum absolute atomic E-state index is 12.4. The van der Waals surface area contributed by atoms with Crippen LogP contribution in [-0.4, -0.2) is 30.5 Å². The van der Waals surface area contributed by atoms with Crippen LogP contribution in [0, 0.1) is 0 Å². The summed E-state index contributed by atoms with van der Waals surface area (Å²) in [5.41, 5.74) is 2.28. The van der Waals surface area contributed by atoms with Crippen LogP contribution in [0.25, 0.3) is 21.8 Å². The Morgan fingerprint density at radius 2 is 1.86 bits per heavy atom. The minimum atomic E-state index is -0.0775. The Morgan fingerprint density at radius 1 is 1.05 bits per heavy atom. The van der Waals surface area contributed by atoms with Gasteiger partial charge in [0.05, 0.1) is 16.6 Å². The Balaban J connectivity index is 1.95. The maximum atomic E-state index is 12.4. The first-order valence-corrected chi connectivity index (χ1v) is 7.57. The number of amides is 1. The quantitative estimate of drug-likeness (QED) is 0.561. The highest BCUT2D eigenvalue weighted by molar-refractivity contribution is 6.07. The number of aromatic nitrogens is 1. The number of hydrogen-bond acceptors (Lipinski definition) is 3. The van der Waals surface area contributed by atoms with E-state index in [0.717, 1.165) is 34.9 Å². The zero-order chi connectivity index (χ0) is 15.4. The van der Waals surface area contributed by atoms with Crippen molar-refractivity contribution in [1.29, 1.82) is 0 Å². The first-order chi connectivity index (χ1) is 10.8. The average molecular weight is 292 g/mol. The molecule has 4 nitrogen and oxygen atoms in total. The van der Waals surface area contributed by atoms with Crippen LogP contribution in [0.4, 0.5) is 0 Å². The Hall–Kier alpha value is -2.46. The Labute approximate surface area is 129 Å². The topological polar surface area (TPSA) is 54.0 Å². The molecule has 2 N–H and O–H groups in total. The van der Waals surface area contributed by atoms with E-state index in [4.69, 9.17) is 0 Å². The van der Waals surface area contributed by atoms with Gasteiger partial charge in [-0.1, -0.05) is 37.3 Å². The van der Waals surface area contributed by atoms with Crippen molar-refractivity contribution in [3.05, 3.63) is 54.1 Å². The number of fused-ring (bicyclic) bond motifs is 2. The molecule has 0 spiro atoms. The minimum Gasteiger partial charge on any atom is -0.351 e. The molecule has 0 aliphatic heterocycles. The molecule has 0 saturated heterocycles. The second kappa shape index (κ2) is 6.54. The van der Waals surface area contributed by atoms with Gasteiger partial charge in [0.25, 0.3) is 5.91 Å². The molecule has 0 unspecified atom stereocenters. The fourth-order valence-corrected chi connectivity index (χ4v) is 2.52. The summed E-state index contributed by atoms with van der Waals surface area (Å²) in [7, 11) is 0. The zero-order valence-corrected chi connectivity index (χ0v) is 12.6. The number of carbonyl (C=O) groups is 1. The van der Waals surface area contributed by atoms with Gasteiger partial charge in [-0.3, -0.25) is 4.79 Å². The Morgan fingerprint density at radius 3 is 2.73 bits per heavy atom. The lowest BCUT2D eigenvalue weighted by molar-refractivity contribution is 0.0955. The number of hydrogen-bond donors (Lipinski definition) is 2. The van der Waals surface area contributed by atoms with Crippen LogP contribution >= 0.6 is 0 Å². The van der Waals surface area contributed by atoms with Crippen LogP contribution in [0.15, 0.2) is 48.5 Å². The molecule has 112 valence electrons. The van der Waals surface area contributed by atoms with Crippen LogP contribution in [0.3, 0.4) is 0 Å².